The maximum absolute atomic E-state index is 13.2. The number of carbonyl (C=O) groups is 2. The Kier molecular flexibility index (Phi) is 4.58. The number of oxime groups is 1. The van der Waals surface area contributed by atoms with E-state index >= 15 is 0 Å². The van der Waals surface area contributed by atoms with Crippen molar-refractivity contribution in [1.29, 1.82) is 0 Å². The van der Waals surface area contributed by atoms with Crippen LogP contribution in [0.3, 0.4) is 0 Å². The highest BCUT2D eigenvalue weighted by molar-refractivity contribution is 9.10. The summed E-state index contributed by atoms with van der Waals surface area (Å²) in [4.78, 5) is 32.6. The second-order valence-electron chi connectivity index (χ2n) is 6.52. The number of hydrogen-bond acceptors (Lipinski definition) is 6. The molecule has 8 heteroatoms. The summed E-state index contributed by atoms with van der Waals surface area (Å²) in [6, 6.07) is 10.6. The van der Waals surface area contributed by atoms with Gasteiger partial charge in [-0.1, -0.05) is 11.2 Å². The Hall–Kier alpha value is -2.87. The van der Waals surface area contributed by atoms with Gasteiger partial charge in [0.25, 0.3) is 5.91 Å². The predicted octanol–water partition coefficient (Wildman–Crippen LogP) is 3.07. The van der Waals surface area contributed by atoms with Crippen molar-refractivity contribution >= 4 is 39.1 Å². The highest BCUT2D eigenvalue weighted by atomic mass is 79.9. The van der Waals surface area contributed by atoms with E-state index in [-0.39, 0.29) is 5.91 Å². The zero-order valence-corrected chi connectivity index (χ0v) is 17.0. The number of amides is 2. The molecular formula is C20H17BrN2O5. The van der Waals surface area contributed by atoms with E-state index in [1.807, 2.05) is 19.1 Å². The number of methoxy groups -OCH3 is 2. The molecule has 0 unspecified atom stereocenters. The quantitative estimate of drug-likeness (QED) is 0.677. The maximum atomic E-state index is 13.2. The van der Waals surface area contributed by atoms with Crippen LogP contribution in [0, 0.1) is 12.8 Å². The highest BCUT2D eigenvalue weighted by Gasteiger charge is 2.56. The minimum Gasteiger partial charge on any atom is -0.493 e. The number of aryl methyl sites for hydroxylation is 1. The van der Waals surface area contributed by atoms with Gasteiger partial charge in [0, 0.05) is 10.0 Å². The molecule has 1 saturated heterocycles. The zero-order chi connectivity index (χ0) is 20.0. The molecule has 2 aromatic carbocycles. The SMILES string of the molecule is COc1ccc(C2=NO[C@H]3C(=O)N(c4ccc(C)cc4Br)C(=O)[C@@H]23)cc1OC. The number of rotatable bonds is 4. The molecule has 1 fully saturated rings. The summed E-state index contributed by atoms with van der Waals surface area (Å²) in [5.74, 6) is -0.550. The second kappa shape index (κ2) is 6.94. The van der Waals surface area contributed by atoms with E-state index in [0.29, 0.717) is 32.9 Å². The topological polar surface area (TPSA) is 77.4 Å². The first kappa shape index (κ1) is 18.5. The van der Waals surface area contributed by atoms with Crippen molar-refractivity contribution in [2.45, 2.75) is 13.0 Å². The number of hydrogen-bond donors (Lipinski definition) is 0. The fourth-order valence-corrected chi connectivity index (χ4v) is 4.11. The molecule has 0 bridgehead atoms. The van der Waals surface area contributed by atoms with Crippen molar-refractivity contribution in [2.24, 2.45) is 11.1 Å². The summed E-state index contributed by atoms with van der Waals surface area (Å²) in [5.41, 5.74) is 2.54. The van der Waals surface area contributed by atoms with Crippen LogP contribution in [0.2, 0.25) is 0 Å². The lowest BCUT2D eigenvalue weighted by atomic mass is 9.94. The fourth-order valence-electron chi connectivity index (χ4n) is 3.44. The summed E-state index contributed by atoms with van der Waals surface area (Å²) in [6.45, 7) is 1.93. The number of ether oxygens (including phenoxy) is 2. The van der Waals surface area contributed by atoms with Gasteiger partial charge in [-0.15, -0.1) is 0 Å². The Morgan fingerprint density at radius 2 is 1.79 bits per heavy atom. The number of imide groups is 1. The summed E-state index contributed by atoms with van der Waals surface area (Å²) >= 11 is 3.44. The van der Waals surface area contributed by atoms with E-state index < -0.39 is 17.9 Å². The predicted molar refractivity (Wildman–Crippen MR) is 106 cm³/mol. The van der Waals surface area contributed by atoms with Crippen molar-refractivity contribution < 1.29 is 23.9 Å². The first-order chi connectivity index (χ1) is 13.5. The van der Waals surface area contributed by atoms with Crippen LogP contribution in [0.15, 0.2) is 46.0 Å². The van der Waals surface area contributed by atoms with Gasteiger partial charge in [0.2, 0.25) is 12.0 Å². The van der Waals surface area contributed by atoms with Crippen LogP contribution >= 0.6 is 15.9 Å². The Bertz CT molecular complexity index is 1020. The van der Waals surface area contributed by atoms with Crippen LogP contribution in [0.5, 0.6) is 11.5 Å². The minimum absolute atomic E-state index is 0.370. The Morgan fingerprint density at radius 1 is 1.04 bits per heavy atom. The van der Waals surface area contributed by atoms with Gasteiger partial charge >= 0.3 is 0 Å². The third-order valence-electron chi connectivity index (χ3n) is 4.84. The number of halogens is 1. The van der Waals surface area contributed by atoms with E-state index in [4.69, 9.17) is 14.3 Å². The standard InChI is InChI=1S/C20H17BrN2O5/c1-10-4-6-13(12(21)8-10)23-19(24)16-17(22-28-18(16)20(23)25)11-5-7-14(26-2)15(9-11)27-3/h4-9,16,18H,1-3H3/t16-,18+/m0/s1. The molecule has 0 radical (unpaired) electrons. The molecule has 2 atom stereocenters. The Morgan fingerprint density at radius 3 is 2.46 bits per heavy atom. The fraction of sp³-hybridized carbons (Fsp3) is 0.250. The van der Waals surface area contributed by atoms with Crippen LogP contribution < -0.4 is 14.4 Å². The average Bonchev–Trinajstić information content (AvgIpc) is 3.22. The molecule has 28 heavy (non-hydrogen) atoms. The Labute approximate surface area is 170 Å². The van der Waals surface area contributed by atoms with Gasteiger partial charge < -0.3 is 14.3 Å². The lowest BCUT2D eigenvalue weighted by Crippen LogP contribution is -2.33. The van der Waals surface area contributed by atoms with E-state index in [9.17, 15) is 9.59 Å². The van der Waals surface area contributed by atoms with E-state index in [1.165, 1.54) is 7.11 Å². The third kappa shape index (κ3) is 2.75. The molecule has 2 amide bonds. The normalized spacial score (nSPS) is 20.7. The van der Waals surface area contributed by atoms with Gasteiger partial charge in [0.05, 0.1) is 19.9 Å². The summed E-state index contributed by atoms with van der Waals surface area (Å²) in [7, 11) is 3.07. The molecule has 0 spiro atoms. The van der Waals surface area contributed by atoms with Crippen molar-refractivity contribution in [3.63, 3.8) is 0 Å². The minimum atomic E-state index is -0.969. The van der Waals surface area contributed by atoms with Gasteiger partial charge in [-0.25, -0.2) is 4.90 Å². The monoisotopic (exact) mass is 444 g/mol. The van der Waals surface area contributed by atoms with Gasteiger partial charge in [-0.2, -0.15) is 0 Å². The van der Waals surface area contributed by atoms with Crippen LogP contribution in [0.25, 0.3) is 0 Å². The van der Waals surface area contributed by atoms with Gasteiger partial charge in [0.15, 0.2) is 11.5 Å². The van der Waals surface area contributed by atoms with Crippen molar-refractivity contribution in [2.75, 3.05) is 19.1 Å². The molecule has 0 N–H and O–H groups in total. The van der Waals surface area contributed by atoms with Crippen molar-refractivity contribution in [3.05, 3.63) is 52.0 Å². The third-order valence-corrected chi connectivity index (χ3v) is 5.47. The molecule has 0 saturated carbocycles. The summed E-state index contributed by atoms with van der Waals surface area (Å²) in [6.07, 6.45) is -0.969. The van der Waals surface area contributed by atoms with E-state index in [2.05, 4.69) is 21.1 Å². The molecular weight excluding hydrogens is 428 g/mol. The molecule has 2 heterocycles. The molecule has 2 aromatic rings. The molecule has 2 aliphatic rings. The number of nitrogens with zero attached hydrogens (tertiary/aromatic N) is 2. The van der Waals surface area contributed by atoms with Gasteiger partial charge in [0.1, 0.15) is 11.6 Å². The molecule has 7 nitrogen and oxygen atoms in total. The van der Waals surface area contributed by atoms with Crippen LogP contribution in [0.1, 0.15) is 11.1 Å². The van der Waals surface area contributed by atoms with Crippen molar-refractivity contribution in [1.82, 2.24) is 0 Å². The molecule has 0 aromatic heterocycles. The lowest BCUT2D eigenvalue weighted by molar-refractivity contribution is -0.126. The second-order valence-corrected chi connectivity index (χ2v) is 7.37. The molecule has 144 valence electrons. The Balaban J connectivity index is 1.71. The average molecular weight is 445 g/mol. The maximum Gasteiger partial charge on any atom is 0.279 e. The summed E-state index contributed by atoms with van der Waals surface area (Å²) < 4.78 is 11.2. The van der Waals surface area contributed by atoms with Gasteiger partial charge in [-0.3, -0.25) is 9.59 Å². The molecule has 0 aliphatic carbocycles. The molecule has 4 rings (SSSR count). The highest BCUT2D eigenvalue weighted by Crippen LogP contribution is 2.39. The van der Waals surface area contributed by atoms with Crippen molar-refractivity contribution in [3.8, 4) is 11.5 Å². The summed E-state index contributed by atoms with van der Waals surface area (Å²) in [5, 5.41) is 4.03. The van der Waals surface area contributed by atoms with Crippen LogP contribution in [-0.4, -0.2) is 37.8 Å². The number of anilines is 1. The lowest BCUT2D eigenvalue weighted by Gasteiger charge is -2.17. The largest absolute Gasteiger partial charge is 0.493 e. The van der Waals surface area contributed by atoms with Gasteiger partial charge in [-0.05, 0) is 58.7 Å². The van der Waals surface area contributed by atoms with E-state index in [1.54, 1.807) is 31.4 Å². The zero-order valence-electron chi connectivity index (χ0n) is 15.4. The van der Waals surface area contributed by atoms with E-state index in [0.717, 1.165) is 10.5 Å². The smallest absolute Gasteiger partial charge is 0.279 e. The molecule has 2 aliphatic heterocycles. The number of fused-ring (bicyclic) bond motifs is 1. The number of benzene rings is 2. The first-order valence-corrected chi connectivity index (χ1v) is 9.35. The van der Waals surface area contributed by atoms with Crippen LogP contribution in [-0.2, 0) is 14.4 Å². The first-order valence-electron chi connectivity index (χ1n) is 8.56. The van der Waals surface area contributed by atoms with Crippen LogP contribution in [0.4, 0.5) is 5.69 Å². The number of carbonyl (C=O) groups excluding carboxylic acids is 2.